The van der Waals surface area contributed by atoms with Crippen LogP contribution in [0.5, 0.6) is 0 Å². The van der Waals surface area contributed by atoms with Crippen molar-refractivity contribution in [2.24, 2.45) is 5.92 Å². The summed E-state index contributed by atoms with van der Waals surface area (Å²) in [5.41, 5.74) is 6.87. The zero-order valence-electron chi connectivity index (χ0n) is 25.2. The molecule has 1 heterocycles. The van der Waals surface area contributed by atoms with E-state index in [2.05, 4.69) is 48.5 Å². The quantitative estimate of drug-likeness (QED) is 0.169. The molecule has 4 atom stereocenters. The summed E-state index contributed by atoms with van der Waals surface area (Å²) < 4.78 is 11.3. The van der Waals surface area contributed by atoms with Gasteiger partial charge in [-0.25, -0.2) is 0 Å². The van der Waals surface area contributed by atoms with Crippen LogP contribution in [0.1, 0.15) is 47.1 Å². The van der Waals surface area contributed by atoms with Gasteiger partial charge in [-0.05, 0) is 40.4 Å². The van der Waals surface area contributed by atoms with Gasteiger partial charge in [0.15, 0.2) is 6.29 Å². The summed E-state index contributed by atoms with van der Waals surface area (Å²) in [6.07, 6.45) is -0.873. The third-order valence-corrected chi connectivity index (χ3v) is 8.63. The highest BCUT2D eigenvalue weighted by molar-refractivity contribution is 6.76. The first-order chi connectivity index (χ1) is 21.6. The van der Waals surface area contributed by atoms with Crippen LogP contribution in [-0.4, -0.2) is 39.4 Å². The van der Waals surface area contributed by atoms with E-state index in [1.807, 2.05) is 78.9 Å². The third kappa shape index (κ3) is 8.66. The minimum atomic E-state index is -2.03. The van der Waals surface area contributed by atoms with Crippen molar-refractivity contribution in [3.05, 3.63) is 131 Å². The predicted molar refractivity (Wildman–Crippen MR) is 180 cm³/mol. The molecule has 1 aliphatic heterocycles. The molecule has 1 amide bonds. The monoisotopic (exact) mass is 666 g/mol. The molecular weight excluding hydrogens is 631 g/mol. The van der Waals surface area contributed by atoms with Crippen molar-refractivity contribution in [3.8, 4) is 11.1 Å². The van der Waals surface area contributed by atoms with Gasteiger partial charge in [0.05, 0.1) is 18.8 Å². The van der Waals surface area contributed by atoms with Gasteiger partial charge in [-0.15, -0.1) is 0 Å². The summed E-state index contributed by atoms with van der Waals surface area (Å²) in [7, 11) is 2.11. The Morgan fingerprint density at radius 3 is 2.16 bits per heavy atom. The van der Waals surface area contributed by atoms with Crippen molar-refractivity contribution in [3.63, 3.8) is 0 Å². The van der Waals surface area contributed by atoms with Crippen molar-refractivity contribution in [2.75, 3.05) is 13.6 Å². The maximum atomic E-state index is 12.1. The number of alkyl halides is 3. The number of aliphatic hydroxyl groups is 1. The van der Waals surface area contributed by atoms with E-state index in [4.69, 9.17) is 44.3 Å². The normalized spacial score (nSPS) is 20.2. The topological polar surface area (TPSA) is 71.0 Å². The Hall–Kier alpha value is -2.94. The number of carbonyl (C=O) groups excluding carboxylic acids is 1. The molecule has 5 rings (SSSR count). The molecule has 1 aliphatic rings. The molecule has 9 heteroatoms. The lowest BCUT2D eigenvalue weighted by molar-refractivity contribution is -0.276. The van der Waals surface area contributed by atoms with E-state index in [0.29, 0.717) is 0 Å². The molecule has 0 saturated carbocycles. The molecule has 0 radical (unpaired) electrons. The first kappa shape index (κ1) is 33.4. The maximum absolute atomic E-state index is 12.1. The van der Waals surface area contributed by atoms with Crippen LogP contribution >= 0.6 is 34.8 Å². The van der Waals surface area contributed by atoms with Gasteiger partial charge in [-0.2, -0.15) is 0 Å². The number of halogens is 3. The Bertz CT molecular complexity index is 1550. The average Bonchev–Trinajstić information content (AvgIpc) is 3.05. The molecule has 0 aromatic heterocycles. The lowest BCUT2D eigenvalue weighted by atomic mass is 9.90. The zero-order valence-corrected chi connectivity index (χ0v) is 27.5. The van der Waals surface area contributed by atoms with Gasteiger partial charge in [0, 0.05) is 31.1 Å². The molecule has 236 valence electrons. The van der Waals surface area contributed by atoms with Crippen LogP contribution in [0.25, 0.3) is 11.1 Å². The zero-order chi connectivity index (χ0) is 32.0. The highest BCUT2D eigenvalue weighted by Crippen LogP contribution is 2.42. The number of hydrogen-bond acceptors (Lipinski definition) is 5. The predicted octanol–water partition coefficient (Wildman–Crippen LogP) is 7.76. The molecule has 0 bridgehead atoms. The van der Waals surface area contributed by atoms with E-state index >= 15 is 0 Å². The number of nitrogens with one attached hydrogen (secondary N) is 1. The van der Waals surface area contributed by atoms with Gasteiger partial charge in [0.25, 0.3) is 9.70 Å². The fourth-order valence-corrected chi connectivity index (χ4v) is 5.85. The van der Waals surface area contributed by atoms with Crippen molar-refractivity contribution < 1.29 is 19.4 Å². The van der Waals surface area contributed by atoms with Gasteiger partial charge in [-0.1, -0.05) is 145 Å². The lowest BCUT2D eigenvalue weighted by Crippen LogP contribution is -2.43. The van der Waals surface area contributed by atoms with E-state index in [1.165, 1.54) is 5.56 Å². The molecule has 0 spiro atoms. The third-order valence-electron chi connectivity index (χ3n) is 8.12. The highest BCUT2D eigenvalue weighted by Gasteiger charge is 2.39. The number of aliphatic hydroxyl groups excluding tert-OH is 1. The number of likely N-dealkylation sites (N-methyl/N-ethyl adjacent to an activating group) is 1. The molecular formula is C36H37Cl3N2O4. The number of benzene rings is 4. The van der Waals surface area contributed by atoms with Crippen LogP contribution in [-0.2, 0) is 34.0 Å². The van der Waals surface area contributed by atoms with Crippen molar-refractivity contribution in [2.45, 2.75) is 48.9 Å². The van der Waals surface area contributed by atoms with E-state index in [-0.39, 0.29) is 31.3 Å². The van der Waals surface area contributed by atoms with E-state index < -0.39 is 16.0 Å². The summed E-state index contributed by atoms with van der Waals surface area (Å²) in [6.45, 7) is 3.92. The van der Waals surface area contributed by atoms with Crippen LogP contribution in [0.4, 0.5) is 0 Å². The average molecular weight is 668 g/mol. The maximum Gasteiger partial charge on any atom is 0.272 e. The minimum absolute atomic E-state index is 0.00521. The van der Waals surface area contributed by atoms with Crippen LogP contribution in [0.15, 0.2) is 103 Å². The van der Waals surface area contributed by atoms with Crippen molar-refractivity contribution in [1.82, 2.24) is 10.2 Å². The first-order valence-electron chi connectivity index (χ1n) is 14.9. The Balaban J connectivity index is 1.37. The highest BCUT2D eigenvalue weighted by atomic mass is 35.6. The summed E-state index contributed by atoms with van der Waals surface area (Å²) in [5, 5.41) is 12.2. The van der Waals surface area contributed by atoms with Crippen LogP contribution in [0.2, 0.25) is 0 Å². The molecule has 1 fully saturated rings. The van der Waals surface area contributed by atoms with Gasteiger partial charge < -0.3 is 19.9 Å². The van der Waals surface area contributed by atoms with Crippen molar-refractivity contribution >= 4 is 40.7 Å². The number of hydrogen-bond donors (Lipinski definition) is 2. The second-order valence-corrected chi connectivity index (χ2v) is 13.7. The van der Waals surface area contributed by atoms with E-state index in [1.54, 1.807) is 0 Å². The fourth-order valence-electron chi connectivity index (χ4n) is 5.65. The summed E-state index contributed by atoms with van der Waals surface area (Å²) in [4.78, 5) is 14.4. The molecule has 1 saturated heterocycles. The molecule has 4 unspecified atom stereocenters. The smallest absolute Gasteiger partial charge is 0.272 e. The second-order valence-electron chi connectivity index (χ2n) is 11.5. The van der Waals surface area contributed by atoms with Gasteiger partial charge >= 0.3 is 0 Å². The number of ether oxygens (including phenoxy) is 2. The Kier molecular flexibility index (Phi) is 11.2. The number of amides is 1. The molecule has 45 heavy (non-hydrogen) atoms. The lowest BCUT2D eigenvalue weighted by Gasteiger charge is -2.42. The number of carbonyl (C=O) groups is 1. The standard InChI is InChI=1S/C36H37Cl3N2O4/c1-24-32(22-41(2)21-25-8-4-3-5-9-25)44-34(45-33(24)28-14-12-26(23-42)13-15-28)29-18-16-27(17-19-29)31-11-7-6-10-30(31)20-40-35(43)36(37,38)39/h3-19,24,32-34,42H,20-23H2,1-2H3,(H,40,43). The second kappa shape index (κ2) is 15.1. The summed E-state index contributed by atoms with van der Waals surface area (Å²) >= 11 is 17.2. The largest absolute Gasteiger partial charge is 0.392 e. The number of rotatable bonds is 10. The van der Waals surface area contributed by atoms with Crippen LogP contribution < -0.4 is 5.32 Å². The van der Waals surface area contributed by atoms with Crippen LogP contribution in [0, 0.1) is 5.92 Å². The molecule has 0 aliphatic carbocycles. The minimum Gasteiger partial charge on any atom is -0.392 e. The van der Waals surface area contributed by atoms with Gasteiger partial charge in [0.1, 0.15) is 0 Å². The summed E-state index contributed by atoms with van der Waals surface area (Å²) in [6, 6.07) is 34.2. The Morgan fingerprint density at radius 2 is 1.49 bits per heavy atom. The molecule has 6 nitrogen and oxygen atoms in total. The Morgan fingerprint density at radius 1 is 0.844 bits per heavy atom. The van der Waals surface area contributed by atoms with Crippen molar-refractivity contribution in [1.29, 1.82) is 0 Å². The number of nitrogens with zero attached hydrogens (tertiary/aromatic N) is 1. The van der Waals surface area contributed by atoms with Gasteiger partial charge in [-0.3, -0.25) is 9.69 Å². The molecule has 4 aromatic carbocycles. The van der Waals surface area contributed by atoms with Gasteiger partial charge in [0.2, 0.25) is 0 Å². The van der Waals surface area contributed by atoms with E-state index in [9.17, 15) is 9.90 Å². The van der Waals surface area contributed by atoms with Crippen LogP contribution in [0.3, 0.4) is 0 Å². The first-order valence-corrected chi connectivity index (χ1v) is 16.0. The fraction of sp³-hybridized carbons (Fsp3) is 0.306. The molecule has 2 N–H and O–H groups in total. The molecule has 4 aromatic rings. The summed E-state index contributed by atoms with van der Waals surface area (Å²) in [5.74, 6) is -0.600. The Labute approximate surface area is 279 Å². The SMILES string of the molecule is CC1C(CN(C)Cc2ccccc2)OC(c2ccc(-c3ccccc3CNC(=O)C(Cl)(Cl)Cl)cc2)OC1c1ccc(CO)cc1. The van der Waals surface area contributed by atoms with E-state index in [0.717, 1.165) is 46.5 Å².